The van der Waals surface area contributed by atoms with E-state index in [0.717, 1.165) is 61.2 Å². The average Bonchev–Trinajstić information content (AvgIpc) is 3.27. The van der Waals surface area contributed by atoms with Crippen molar-refractivity contribution in [1.29, 1.82) is 0 Å². The fourth-order valence-corrected chi connectivity index (χ4v) is 4.53. The van der Waals surface area contributed by atoms with Crippen LogP contribution >= 0.6 is 0 Å². The third kappa shape index (κ3) is 2.81. The monoisotopic (exact) mass is 379 g/mol. The van der Waals surface area contributed by atoms with E-state index >= 15 is 0 Å². The maximum Gasteiger partial charge on any atom is 0.219 e. The van der Waals surface area contributed by atoms with Crippen LogP contribution in [-0.2, 0) is 29.5 Å². The maximum absolute atomic E-state index is 12.0. The molecule has 0 bridgehead atoms. The Labute approximate surface area is 163 Å². The summed E-state index contributed by atoms with van der Waals surface area (Å²) in [6, 6.07) is 6.56. The van der Waals surface area contributed by atoms with Gasteiger partial charge >= 0.3 is 0 Å². The van der Waals surface area contributed by atoms with Crippen molar-refractivity contribution in [2.45, 2.75) is 38.8 Å². The number of amides is 1. The summed E-state index contributed by atoms with van der Waals surface area (Å²) < 4.78 is 9.64. The van der Waals surface area contributed by atoms with Crippen LogP contribution in [0.5, 0.6) is 0 Å². The first kappa shape index (κ1) is 17.4. The lowest BCUT2D eigenvalue weighted by Gasteiger charge is -2.29. The Kier molecular flexibility index (Phi) is 4.19. The van der Waals surface area contributed by atoms with Crippen molar-refractivity contribution in [3.05, 3.63) is 35.7 Å². The van der Waals surface area contributed by atoms with E-state index in [9.17, 15) is 4.79 Å². The molecule has 1 saturated heterocycles. The predicted octanol–water partition coefficient (Wildman–Crippen LogP) is 2.69. The summed E-state index contributed by atoms with van der Waals surface area (Å²) in [4.78, 5) is 14.0. The van der Waals surface area contributed by atoms with Crippen molar-refractivity contribution in [2.75, 3.05) is 19.8 Å². The summed E-state index contributed by atoms with van der Waals surface area (Å²) in [5.41, 5.74) is 5.52. The zero-order chi connectivity index (χ0) is 19.3. The van der Waals surface area contributed by atoms with E-state index in [4.69, 9.17) is 9.84 Å². The Bertz CT molecular complexity index is 1040. The van der Waals surface area contributed by atoms with Crippen LogP contribution in [0.3, 0.4) is 0 Å². The van der Waals surface area contributed by atoms with Crippen molar-refractivity contribution >= 4 is 16.8 Å². The van der Waals surface area contributed by atoms with Crippen LogP contribution in [0.4, 0.5) is 0 Å². The van der Waals surface area contributed by atoms with Gasteiger partial charge in [-0.2, -0.15) is 10.2 Å². The zero-order valence-corrected chi connectivity index (χ0v) is 16.4. The largest absolute Gasteiger partial charge is 0.381 e. The molecule has 2 aliphatic rings. The highest BCUT2D eigenvalue weighted by Gasteiger charge is 2.30. The first-order chi connectivity index (χ1) is 13.6. The molecule has 7 nitrogen and oxygen atoms in total. The number of fused-ring (bicyclic) bond motifs is 2. The second kappa shape index (κ2) is 6.74. The molecule has 5 rings (SSSR count). The number of nitrogens with zero attached hydrogens (tertiary/aromatic N) is 5. The van der Waals surface area contributed by atoms with Crippen LogP contribution < -0.4 is 0 Å². The predicted molar refractivity (Wildman–Crippen MR) is 106 cm³/mol. The van der Waals surface area contributed by atoms with Gasteiger partial charge in [0.2, 0.25) is 5.91 Å². The molecule has 0 N–H and O–H groups in total. The van der Waals surface area contributed by atoms with Crippen molar-refractivity contribution in [2.24, 2.45) is 7.05 Å². The number of carbonyl (C=O) groups is 1. The van der Waals surface area contributed by atoms with Crippen LogP contribution in [-0.4, -0.2) is 50.1 Å². The number of ether oxygens (including phenoxy) is 1. The Hall–Kier alpha value is -2.67. The lowest BCUT2D eigenvalue weighted by Crippen LogP contribution is -2.35. The summed E-state index contributed by atoms with van der Waals surface area (Å²) in [6.45, 7) is 4.60. The lowest BCUT2D eigenvalue weighted by molar-refractivity contribution is -0.129. The highest BCUT2D eigenvalue weighted by Crippen LogP contribution is 2.36. The lowest BCUT2D eigenvalue weighted by atomic mass is 9.98. The summed E-state index contributed by atoms with van der Waals surface area (Å²) in [5, 5.41) is 10.8. The Balaban J connectivity index is 1.68. The van der Waals surface area contributed by atoms with Crippen LogP contribution in [0.1, 0.15) is 37.1 Å². The molecule has 0 saturated carbocycles. The van der Waals surface area contributed by atoms with Gasteiger partial charge in [0, 0.05) is 75.1 Å². The fourth-order valence-electron chi connectivity index (χ4n) is 4.53. The third-order valence-electron chi connectivity index (χ3n) is 5.99. The Morgan fingerprint density at radius 3 is 2.82 bits per heavy atom. The standard InChI is InChI=1S/C21H25N5O2/c1-14(27)25-9-6-20-18(13-25)21(23-26(20)15-7-10-28-11-8-15)16-4-3-5-19-17(16)12-24(2)22-19/h3-5,12,15H,6-11,13H2,1-2H3. The minimum absolute atomic E-state index is 0.120. The first-order valence-electron chi connectivity index (χ1n) is 9.98. The Morgan fingerprint density at radius 2 is 2.04 bits per heavy atom. The van der Waals surface area contributed by atoms with Crippen molar-refractivity contribution in [1.82, 2.24) is 24.5 Å². The Morgan fingerprint density at radius 1 is 1.21 bits per heavy atom. The number of hydrogen-bond acceptors (Lipinski definition) is 4. The zero-order valence-electron chi connectivity index (χ0n) is 16.4. The van der Waals surface area contributed by atoms with Gasteiger partial charge in [0.05, 0.1) is 17.3 Å². The smallest absolute Gasteiger partial charge is 0.219 e. The second-order valence-corrected chi connectivity index (χ2v) is 7.79. The van der Waals surface area contributed by atoms with Crippen LogP contribution in [0.2, 0.25) is 0 Å². The van der Waals surface area contributed by atoms with E-state index in [0.29, 0.717) is 12.6 Å². The molecule has 0 radical (unpaired) electrons. The van der Waals surface area contributed by atoms with E-state index in [1.165, 1.54) is 11.3 Å². The number of carbonyl (C=O) groups excluding carboxylic acids is 1. The summed E-state index contributed by atoms with van der Waals surface area (Å²) >= 11 is 0. The van der Waals surface area contributed by atoms with Gasteiger partial charge in [0.1, 0.15) is 0 Å². The third-order valence-corrected chi connectivity index (χ3v) is 5.99. The van der Waals surface area contributed by atoms with Crippen molar-refractivity contribution in [3.63, 3.8) is 0 Å². The quantitative estimate of drug-likeness (QED) is 0.687. The SMILES string of the molecule is CC(=O)N1CCc2c(c(-c3cccc4nn(C)cc34)nn2C2CCOCC2)C1. The number of hydrogen-bond donors (Lipinski definition) is 0. The maximum atomic E-state index is 12.0. The highest BCUT2D eigenvalue weighted by atomic mass is 16.5. The first-order valence-corrected chi connectivity index (χ1v) is 9.98. The molecule has 0 spiro atoms. The average molecular weight is 379 g/mol. The normalized spacial score (nSPS) is 17.9. The van der Waals surface area contributed by atoms with Gasteiger partial charge in [-0.25, -0.2) is 0 Å². The molecule has 4 heterocycles. The van der Waals surface area contributed by atoms with Gasteiger partial charge in [-0.15, -0.1) is 0 Å². The molecule has 1 aromatic carbocycles. The molecule has 0 unspecified atom stereocenters. The van der Waals surface area contributed by atoms with Crippen LogP contribution in [0, 0.1) is 0 Å². The fraction of sp³-hybridized carbons (Fsp3) is 0.476. The number of aryl methyl sites for hydroxylation is 1. The summed E-state index contributed by atoms with van der Waals surface area (Å²) in [7, 11) is 1.94. The second-order valence-electron chi connectivity index (χ2n) is 7.79. The van der Waals surface area contributed by atoms with Gasteiger partial charge in [0.15, 0.2) is 0 Å². The number of rotatable bonds is 2. The molecule has 28 heavy (non-hydrogen) atoms. The van der Waals surface area contributed by atoms with E-state index in [1.807, 2.05) is 28.8 Å². The van der Waals surface area contributed by atoms with Gasteiger partial charge < -0.3 is 9.64 Å². The van der Waals surface area contributed by atoms with E-state index in [-0.39, 0.29) is 5.91 Å². The molecule has 1 amide bonds. The van der Waals surface area contributed by atoms with Gasteiger partial charge in [-0.1, -0.05) is 12.1 Å². The minimum atomic E-state index is 0.120. The molecule has 2 aliphatic heterocycles. The molecule has 1 fully saturated rings. The van der Waals surface area contributed by atoms with Crippen molar-refractivity contribution in [3.8, 4) is 11.3 Å². The van der Waals surface area contributed by atoms with Crippen LogP contribution in [0.25, 0.3) is 22.2 Å². The molecule has 0 atom stereocenters. The van der Waals surface area contributed by atoms with E-state index < -0.39 is 0 Å². The molecular formula is C21H25N5O2. The highest BCUT2D eigenvalue weighted by molar-refractivity contribution is 5.94. The molecule has 0 aliphatic carbocycles. The molecule has 7 heteroatoms. The summed E-state index contributed by atoms with van der Waals surface area (Å²) in [5.74, 6) is 0.120. The van der Waals surface area contributed by atoms with E-state index in [2.05, 4.69) is 22.0 Å². The van der Waals surface area contributed by atoms with E-state index in [1.54, 1.807) is 6.92 Å². The van der Waals surface area contributed by atoms with Crippen LogP contribution in [0.15, 0.2) is 24.4 Å². The molecular weight excluding hydrogens is 354 g/mol. The molecule has 3 aromatic rings. The molecule has 2 aromatic heterocycles. The van der Waals surface area contributed by atoms with Gasteiger partial charge in [-0.3, -0.25) is 14.2 Å². The van der Waals surface area contributed by atoms with Crippen molar-refractivity contribution < 1.29 is 9.53 Å². The minimum Gasteiger partial charge on any atom is -0.381 e. The number of aromatic nitrogens is 4. The van der Waals surface area contributed by atoms with Gasteiger partial charge in [0.25, 0.3) is 0 Å². The molecule has 146 valence electrons. The topological polar surface area (TPSA) is 65.2 Å². The number of benzene rings is 1. The summed E-state index contributed by atoms with van der Waals surface area (Å²) in [6.07, 6.45) is 4.88. The van der Waals surface area contributed by atoms with Gasteiger partial charge in [-0.05, 0) is 18.9 Å².